The molecule has 8 nitrogen and oxygen atoms in total. The van der Waals surface area contributed by atoms with Crippen LogP contribution >= 0.6 is 0 Å². The maximum atomic E-state index is 13.4. The Kier molecular flexibility index (Phi) is 7.23. The Morgan fingerprint density at radius 2 is 1.61 bits per heavy atom. The fraction of sp³-hybridized carbons (Fsp3) is 0.318. The van der Waals surface area contributed by atoms with Gasteiger partial charge in [0.1, 0.15) is 0 Å². The van der Waals surface area contributed by atoms with Crippen molar-refractivity contribution in [2.24, 2.45) is 0 Å². The molecule has 0 radical (unpaired) electrons. The number of piperazine rings is 1. The lowest BCUT2D eigenvalue weighted by atomic mass is 10.1. The van der Waals surface area contributed by atoms with Gasteiger partial charge in [-0.05, 0) is 43.3 Å². The van der Waals surface area contributed by atoms with Crippen molar-refractivity contribution in [1.82, 2.24) is 9.21 Å². The summed E-state index contributed by atoms with van der Waals surface area (Å²) in [6.07, 6.45) is -1.32. The van der Waals surface area contributed by atoms with E-state index >= 15 is 0 Å². The molecule has 0 aromatic heterocycles. The topological polar surface area (TPSA) is 101 Å². The van der Waals surface area contributed by atoms with Gasteiger partial charge in [0.05, 0.1) is 10.5 Å². The summed E-state index contributed by atoms with van der Waals surface area (Å²) < 4.78 is 58.7. The molecule has 2 aromatic rings. The third kappa shape index (κ3) is 5.42. The summed E-state index contributed by atoms with van der Waals surface area (Å²) in [7, 11) is -3.92. The molecule has 2 aromatic carbocycles. The van der Waals surface area contributed by atoms with Crippen LogP contribution in [-0.4, -0.2) is 67.6 Å². The predicted molar refractivity (Wildman–Crippen MR) is 113 cm³/mol. The predicted octanol–water partition coefficient (Wildman–Crippen LogP) is 2.25. The Labute approximate surface area is 189 Å². The van der Waals surface area contributed by atoms with Crippen LogP contribution in [0.5, 0.6) is 0 Å². The van der Waals surface area contributed by atoms with Gasteiger partial charge in [0.15, 0.2) is 17.7 Å². The van der Waals surface area contributed by atoms with Crippen molar-refractivity contribution in [2.75, 3.05) is 26.2 Å². The van der Waals surface area contributed by atoms with Crippen LogP contribution in [0.2, 0.25) is 0 Å². The van der Waals surface area contributed by atoms with Crippen LogP contribution in [0.4, 0.5) is 8.78 Å². The molecular weight excluding hydrogens is 458 g/mol. The molecule has 1 amide bonds. The quantitative estimate of drug-likeness (QED) is 0.464. The van der Waals surface area contributed by atoms with Gasteiger partial charge >= 0.3 is 5.97 Å². The molecule has 1 saturated heterocycles. The molecule has 0 N–H and O–H groups in total. The number of nitrogens with zero attached hydrogens (tertiary/aromatic N) is 2. The summed E-state index contributed by atoms with van der Waals surface area (Å²) in [5.41, 5.74) is -0.265. The third-order valence-electron chi connectivity index (χ3n) is 5.25. The Morgan fingerprint density at radius 1 is 0.939 bits per heavy atom. The van der Waals surface area contributed by atoms with E-state index in [9.17, 15) is 31.6 Å². The van der Waals surface area contributed by atoms with Crippen molar-refractivity contribution in [3.8, 4) is 0 Å². The molecular formula is C22H22F2N2O6S. The van der Waals surface area contributed by atoms with Crippen molar-refractivity contribution < 1.29 is 36.3 Å². The molecule has 1 fully saturated rings. The number of sulfonamides is 1. The monoisotopic (exact) mass is 480 g/mol. The van der Waals surface area contributed by atoms with E-state index in [0.29, 0.717) is 6.07 Å². The zero-order valence-corrected chi connectivity index (χ0v) is 18.8. The molecule has 0 aliphatic carbocycles. The molecule has 176 valence electrons. The van der Waals surface area contributed by atoms with Crippen LogP contribution in [0.1, 0.15) is 34.6 Å². The highest BCUT2D eigenvalue weighted by Gasteiger charge is 2.30. The first kappa shape index (κ1) is 24.5. The van der Waals surface area contributed by atoms with Crippen LogP contribution in [0.15, 0.2) is 47.4 Å². The van der Waals surface area contributed by atoms with E-state index < -0.39 is 39.5 Å². The largest absolute Gasteiger partial charge is 0.451 e. The van der Waals surface area contributed by atoms with Crippen LogP contribution < -0.4 is 0 Å². The zero-order chi connectivity index (χ0) is 24.3. The minimum atomic E-state index is -3.92. The van der Waals surface area contributed by atoms with Gasteiger partial charge in [-0.15, -0.1) is 0 Å². The van der Waals surface area contributed by atoms with Gasteiger partial charge in [0.2, 0.25) is 21.7 Å². The van der Waals surface area contributed by atoms with Crippen LogP contribution in [0.3, 0.4) is 0 Å². The number of ether oxygens (including phenoxy) is 1. The number of halogens is 2. The summed E-state index contributed by atoms with van der Waals surface area (Å²) in [6.45, 7) is 3.46. The zero-order valence-electron chi connectivity index (χ0n) is 18.0. The van der Waals surface area contributed by atoms with Gasteiger partial charge in [-0.2, -0.15) is 4.31 Å². The van der Waals surface area contributed by atoms with E-state index in [-0.39, 0.29) is 48.1 Å². The van der Waals surface area contributed by atoms with Gasteiger partial charge in [-0.3, -0.25) is 9.59 Å². The molecule has 0 bridgehead atoms. The van der Waals surface area contributed by atoms with Crippen molar-refractivity contribution in [3.05, 3.63) is 65.2 Å². The normalized spacial score (nSPS) is 15.7. The summed E-state index contributed by atoms with van der Waals surface area (Å²) in [4.78, 5) is 37.8. The molecule has 1 atom stereocenters. The fourth-order valence-corrected chi connectivity index (χ4v) is 4.81. The number of rotatable bonds is 6. The highest BCUT2D eigenvalue weighted by Crippen LogP contribution is 2.20. The molecule has 33 heavy (non-hydrogen) atoms. The van der Waals surface area contributed by atoms with Crippen LogP contribution in [-0.2, 0) is 19.6 Å². The highest BCUT2D eigenvalue weighted by atomic mass is 32.2. The van der Waals surface area contributed by atoms with Gasteiger partial charge < -0.3 is 9.64 Å². The first-order valence-electron chi connectivity index (χ1n) is 10.1. The Balaban J connectivity index is 1.72. The van der Waals surface area contributed by atoms with Gasteiger partial charge in [-0.1, -0.05) is 6.07 Å². The Morgan fingerprint density at radius 3 is 2.21 bits per heavy atom. The number of amides is 1. The minimum Gasteiger partial charge on any atom is -0.451 e. The van der Waals surface area contributed by atoms with Gasteiger partial charge in [-0.25, -0.2) is 22.0 Å². The van der Waals surface area contributed by atoms with Crippen molar-refractivity contribution >= 4 is 27.7 Å². The molecule has 1 heterocycles. The number of benzene rings is 2. The molecule has 0 spiro atoms. The average molecular weight is 480 g/mol. The Hall–Kier alpha value is -3.18. The highest BCUT2D eigenvalue weighted by molar-refractivity contribution is 7.89. The standard InChI is InChI=1S/C22H22F2N2O6S/c1-14(21(28)16-6-7-19(23)20(24)13-16)32-22(29)17-4-3-5-18(12-17)33(30,31)26-10-8-25(9-11-26)15(2)27/h3-7,12-14H,8-11H2,1-2H3/t14-/m1/s1. The number of hydrogen-bond donors (Lipinski definition) is 0. The molecule has 0 unspecified atom stereocenters. The Bertz CT molecular complexity index is 1190. The molecule has 0 saturated carbocycles. The lowest BCUT2D eigenvalue weighted by Crippen LogP contribution is -2.49. The number of Topliss-reactive ketones (excluding diaryl/α,β-unsaturated/α-hetero) is 1. The van der Waals surface area contributed by atoms with E-state index in [4.69, 9.17) is 4.74 Å². The second kappa shape index (κ2) is 9.75. The molecule has 1 aliphatic rings. The van der Waals surface area contributed by atoms with Gasteiger partial charge in [0.25, 0.3) is 0 Å². The lowest BCUT2D eigenvalue weighted by Gasteiger charge is -2.33. The molecule has 3 rings (SSSR count). The summed E-state index contributed by atoms with van der Waals surface area (Å²) in [6, 6.07) is 7.76. The molecule has 1 aliphatic heterocycles. The summed E-state index contributed by atoms with van der Waals surface area (Å²) in [5, 5.41) is 0. The van der Waals surface area contributed by atoms with Crippen molar-refractivity contribution in [2.45, 2.75) is 24.8 Å². The summed E-state index contributed by atoms with van der Waals surface area (Å²) in [5.74, 6) is -4.14. The van der Waals surface area contributed by atoms with Crippen LogP contribution in [0, 0.1) is 11.6 Å². The minimum absolute atomic E-state index is 0.0941. The SMILES string of the molecule is CC(=O)N1CCN(S(=O)(=O)c2cccc(C(=O)O[C@H](C)C(=O)c3ccc(F)c(F)c3)c2)CC1. The summed E-state index contributed by atoms with van der Waals surface area (Å²) >= 11 is 0. The first-order chi connectivity index (χ1) is 15.5. The molecule has 11 heteroatoms. The second-order valence-corrected chi connectivity index (χ2v) is 9.42. The number of ketones is 1. The number of esters is 1. The van der Waals surface area contributed by atoms with E-state index in [1.807, 2.05) is 0 Å². The van der Waals surface area contributed by atoms with E-state index in [2.05, 4.69) is 0 Å². The number of carbonyl (C=O) groups is 3. The lowest BCUT2D eigenvalue weighted by molar-refractivity contribution is -0.129. The maximum absolute atomic E-state index is 13.4. The van der Waals surface area contributed by atoms with Gasteiger partial charge in [0, 0.05) is 38.7 Å². The number of carbonyl (C=O) groups excluding carboxylic acids is 3. The number of hydrogen-bond acceptors (Lipinski definition) is 6. The van der Waals surface area contributed by atoms with E-state index in [0.717, 1.165) is 18.2 Å². The first-order valence-corrected chi connectivity index (χ1v) is 11.5. The van der Waals surface area contributed by atoms with Crippen molar-refractivity contribution in [3.63, 3.8) is 0 Å². The van der Waals surface area contributed by atoms with Crippen molar-refractivity contribution in [1.29, 1.82) is 0 Å². The fourth-order valence-electron chi connectivity index (χ4n) is 3.34. The third-order valence-corrected chi connectivity index (χ3v) is 7.14. The van der Waals surface area contributed by atoms with E-state index in [1.54, 1.807) is 4.90 Å². The average Bonchev–Trinajstić information content (AvgIpc) is 2.80. The van der Waals surface area contributed by atoms with Crippen LogP contribution in [0.25, 0.3) is 0 Å². The van der Waals surface area contributed by atoms with E-state index in [1.165, 1.54) is 36.4 Å². The maximum Gasteiger partial charge on any atom is 0.338 e. The smallest absolute Gasteiger partial charge is 0.338 e. The second-order valence-electron chi connectivity index (χ2n) is 7.48.